The Kier molecular flexibility index (Phi) is 5.08. The van der Waals surface area contributed by atoms with E-state index in [1.807, 2.05) is 0 Å². The number of aromatic nitrogens is 1. The fourth-order valence-corrected chi connectivity index (χ4v) is 3.91. The first kappa shape index (κ1) is 19.6. The van der Waals surface area contributed by atoms with Crippen molar-refractivity contribution < 1.29 is 30.0 Å². The monoisotopic (exact) mass is 448 g/mol. The molecule has 26 heavy (non-hydrogen) atoms. The Morgan fingerprint density at radius 3 is 2.65 bits per heavy atom. The molecule has 142 valence electrons. The number of nitrogens with one attached hydrogen (secondary N) is 2. The number of benzene rings is 1. The van der Waals surface area contributed by atoms with E-state index in [9.17, 15) is 25.2 Å². The Hall–Kier alpha value is -1.20. The highest BCUT2D eigenvalue weighted by Gasteiger charge is 2.65. The van der Waals surface area contributed by atoms with E-state index in [0.29, 0.717) is 5.52 Å². The molecule has 1 aromatic heterocycles. The lowest BCUT2D eigenvalue weighted by atomic mass is 9.79. The number of hydrogen-bond acceptors (Lipinski definition) is 6. The van der Waals surface area contributed by atoms with Gasteiger partial charge in [0.05, 0.1) is 5.69 Å². The zero-order valence-electron chi connectivity index (χ0n) is 13.6. The number of aliphatic hydroxyl groups excluding tert-OH is 3. The number of hydrogen-bond donors (Lipinski definition) is 6. The lowest BCUT2D eigenvalue weighted by molar-refractivity contribution is -0.306. The number of aromatic amines is 1. The normalized spacial score (nSPS) is 36.0. The Bertz CT molecular complexity index is 799. The molecule has 1 aromatic carbocycles. The molecule has 1 fully saturated rings. The van der Waals surface area contributed by atoms with Gasteiger partial charge >= 0.3 is 0 Å². The summed E-state index contributed by atoms with van der Waals surface area (Å²) in [7, 11) is 0. The summed E-state index contributed by atoms with van der Waals surface area (Å²) in [6.07, 6.45) is -3.65. The third kappa shape index (κ3) is 2.93. The summed E-state index contributed by atoms with van der Waals surface area (Å²) < 4.78 is 3.12. The number of H-pyrrole nitrogens is 1. The molecule has 6 N–H and O–H groups in total. The number of aliphatic hydroxyl groups is 4. The average Bonchev–Trinajstić information content (AvgIpc) is 3.01. The van der Waals surface area contributed by atoms with Gasteiger partial charge in [-0.3, -0.25) is 4.79 Å². The fraction of sp³-hybridized carbons (Fsp3) is 0.438. The highest BCUT2D eigenvalue weighted by Crippen LogP contribution is 2.47. The second-order valence-corrected chi connectivity index (χ2v) is 7.87. The van der Waals surface area contributed by atoms with E-state index >= 15 is 0 Å². The minimum atomic E-state index is -2.26. The largest absolute Gasteiger partial charge is 0.385 e. The van der Waals surface area contributed by atoms with E-state index in [1.165, 1.54) is 6.92 Å². The first-order valence-corrected chi connectivity index (χ1v) is 8.96. The number of fused-ring (bicyclic) bond motifs is 1. The van der Waals surface area contributed by atoms with Gasteiger partial charge < -0.3 is 35.5 Å². The summed E-state index contributed by atoms with van der Waals surface area (Å²) in [5.74, 6) is -0.562. The van der Waals surface area contributed by atoms with Gasteiger partial charge in [0, 0.05) is 12.4 Å². The van der Waals surface area contributed by atoms with Crippen molar-refractivity contribution in [2.45, 2.75) is 41.0 Å². The van der Waals surface area contributed by atoms with Crippen molar-refractivity contribution >= 4 is 44.3 Å². The van der Waals surface area contributed by atoms with Crippen LogP contribution in [0.4, 0.5) is 0 Å². The molecule has 1 unspecified atom stereocenters. The summed E-state index contributed by atoms with van der Waals surface area (Å²) in [4.78, 5) is 14.5. The van der Waals surface area contributed by atoms with Crippen molar-refractivity contribution in [2.75, 3.05) is 0 Å². The van der Waals surface area contributed by atoms with Crippen LogP contribution in [-0.2, 0) is 15.1 Å². The third-order valence-electron chi connectivity index (χ3n) is 4.50. The predicted molar refractivity (Wildman–Crippen MR) is 96.4 cm³/mol. The summed E-state index contributed by atoms with van der Waals surface area (Å²) in [5.41, 5.74) is -3.31. The summed E-state index contributed by atoms with van der Waals surface area (Å²) in [5, 5.41) is 45.6. The SMILES string of the molecule is CC(=O)N[C@H]1[C@H](O)O[C@](Br)(C(O)Cl)[C@@H](O)[C@@]1(O)c1cc2ccccc2[nH]1. The van der Waals surface area contributed by atoms with E-state index in [1.54, 1.807) is 30.3 Å². The molecule has 1 amide bonds. The molecule has 0 bridgehead atoms. The second kappa shape index (κ2) is 6.75. The highest BCUT2D eigenvalue weighted by molar-refractivity contribution is 9.10. The van der Waals surface area contributed by atoms with E-state index < -0.39 is 40.0 Å². The Morgan fingerprint density at radius 1 is 1.42 bits per heavy atom. The van der Waals surface area contributed by atoms with Crippen LogP contribution in [0.15, 0.2) is 30.3 Å². The Labute approximate surface area is 161 Å². The number of alkyl halides is 2. The van der Waals surface area contributed by atoms with E-state index in [2.05, 4.69) is 26.2 Å². The van der Waals surface area contributed by atoms with Gasteiger partial charge in [-0.2, -0.15) is 0 Å². The highest BCUT2D eigenvalue weighted by atomic mass is 79.9. The molecule has 10 heteroatoms. The van der Waals surface area contributed by atoms with Crippen LogP contribution < -0.4 is 5.32 Å². The standard InChI is InChI=1S/C16H18BrClN2O6/c1-7(21)19-11-12(22)26-16(17,14(18)24)13(23)15(11,25)10-6-8-4-2-3-5-9(8)20-10/h2-6,11-14,20,22-25H,1H3,(H,19,21)/t11-,12+,13-,14?,15+,16-/m0/s1. The maximum Gasteiger partial charge on any atom is 0.217 e. The van der Waals surface area contributed by atoms with E-state index in [4.69, 9.17) is 16.3 Å². The maximum absolute atomic E-state index is 11.6. The predicted octanol–water partition coefficient (Wildman–Crippen LogP) is 0.218. The minimum absolute atomic E-state index is 0.105. The number of amides is 1. The molecule has 2 heterocycles. The quantitative estimate of drug-likeness (QED) is 0.371. The van der Waals surface area contributed by atoms with Crippen molar-refractivity contribution in [3.63, 3.8) is 0 Å². The van der Waals surface area contributed by atoms with Gasteiger partial charge in [0.2, 0.25) is 5.91 Å². The van der Waals surface area contributed by atoms with Gasteiger partial charge in [-0.1, -0.05) is 29.8 Å². The molecule has 0 aliphatic carbocycles. The molecule has 1 aliphatic heterocycles. The topological polar surface area (TPSA) is 135 Å². The van der Waals surface area contributed by atoms with E-state index in [-0.39, 0.29) is 5.69 Å². The van der Waals surface area contributed by atoms with Crippen LogP contribution in [0.3, 0.4) is 0 Å². The third-order valence-corrected chi connectivity index (χ3v) is 6.14. The second-order valence-electron chi connectivity index (χ2n) is 6.22. The molecular weight excluding hydrogens is 432 g/mol. The molecular formula is C16H18BrClN2O6. The van der Waals surface area contributed by atoms with Gasteiger partial charge in [0.25, 0.3) is 0 Å². The lowest BCUT2D eigenvalue weighted by Gasteiger charge is -2.52. The van der Waals surface area contributed by atoms with Crippen LogP contribution in [0.5, 0.6) is 0 Å². The zero-order chi connectivity index (χ0) is 19.3. The van der Waals surface area contributed by atoms with Crippen LogP contribution in [-0.4, -0.2) is 59.8 Å². The minimum Gasteiger partial charge on any atom is -0.385 e. The Morgan fingerprint density at radius 2 is 2.08 bits per heavy atom. The molecule has 3 rings (SSSR count). The number of ether oxygens (including phenoxy) is 1. The number of para-hydroxylation sites is 1. The first-order valence-electron chi connectivity index (χ1n) is 7.73. The maximum atomic E-state index is 11.6. The molecule has 0 spiro atoms. The molecule has 1 aliphatic rings. The van der Waals surface area contributed by atoms with Crippen molar-refractivity contribution in [3.05, 3.63) is 36.0 Å². The van der Waals surface area contributed by atoms with Gasteiger partial charge in [-0.05, 0) is 33.4 Å². The molecule has 0 saturated carbocycles. The van der Waals surface area contributed by atoms with Crippen LogP contribution in [0.25, 0.3) is 10.9 Å². The van der Waals surface area contributed by atoms with Crippen molar-refractivity contribution in [1.82, 2.24) is 10.3 Å². The van der Waals surface area contributed by atoms with Crippen molar-refractivity contribution in [3.8, 4) is 0 Å². The number of halogens is 2. The van der Waals surface area contributed by atoms with Gasteiger partial charge in [0.1, 0.15) is 12.1 Å². The number of carbonyl (C=O) groups is 1. The summed E-state index contributed by atoms with van der Waals surface area (Å²) >= 11 is 8.68. The lowest BCUT2D eigenvalue weighted by Crippen LogP contribution is -2.73. The van der Waals surface area contributed by atoms with Gasteiger partial charge in [0.15, 0.2) is 22.0 Å². The summed E-state index contributed by atoms with van der Waals surface area (Å²) in [6, 6.07) is 7.25. The average molecular weight is 450 g/mol. The van der Waals surface area contributed by atoms with Crippen LogP contribution in [0.1, 0.15) is 12.6 Å². The first-order chi connectivity index (χ1) is 12.1. The molecule has 0 radical (unpaired) electrons. The molecule has 6 atom stereocenters. The number of carbonyl (C=O) groups excluding carboxylic acids is 1. The van der Waals surface area contributed by atoms with Gasteiger partial charge in [-0.25, -0.2) is 0 Å². The molecule has 8 nitrogen and oxygen atoms in total. The van der Waals surface area contributed by atoms with Gasteiger partial charge in [-0.15, -0.1) is 0 Å². The van der Waals surface area contributed by atoms with Crippen LogP contribution in [0, 0.1) is 0 Å². The van der Waals surface area contributed by atoms with Crippen LogP contribution in [0.2, 0.25) is 0 Å². The van der Waals surface area contributed by atoms with E-state index in [0.717, 1.165) is 5.39 Å². The smallest absolute Gasteiger partial charge is 0.217 e. The number of rotatable bonds is 3. The molecule has 1 saturated heterocycles. The van der Waals surface area contributed by atoms with Crippen molar-refractivity contribution in [1.29, 1.82) is 0 Å². The van der Waals surface area contributed by atoms with Crippen molar-refractivity contribution in [2.24, 2.45) is 0 Å². The van der Waals surface area contributed by atoms with Crippen LogP contribution >= 0.6 is 27.5 Å². The molecule has 2 aromatic rings. The Balaban J connectivity index is 2.19. The zero-order valence-corrected chi connectivity index (χ0v) is 15.9. The fourth-order valence-electron chi connectivity index (χ4n) is 3.20. The summed E-state index contributed by atoms with van der Waals surface area (Å²) in [6.45, 7) is 1.19.